The molecule has 0 aromatic heterocycles. The lowest BCUT2D eigenvalue weighted by atomic mass is 10.1. The van der Waals surface area contributed by atoms with Crippen LogP contribution in [-0.2, 0) is 10.0 Å². The summed E-state index contributed by atoms with van der Waals surface area (Å²) in [5, 5.41) is 2.79. The molecular formula is C19H22N2O3S. The Kier molecular flexibility index (Phi) is 5.20. The van der Waals surface area contributed by atoms with Crippen LogP contribution in [0.2, 0.25) is 0 Å². The van der Waals surface area contributed by atoms with Gasteiger partial charge in [-0.25, -0.2) is 8.42 Å². The van der Waals surface area contributed by atoms with Gasteiger partial charge in [-0.15, -0.1) is 0 Å². The van der Waals surface area contributed by atoms with Crippen LogP contribution in [0.1, 0.15) is 36.5 Å². The molecule has 0 bridgehead atoms. The van der Waals surface area contributed by atoms with Crippen LogP contribution >= 0.6 is 0 Å². The normalized spacial score (nSPS) is 18.7. The van der Waals surface area contributed by atoms with E-state index in [1.807, 2.05) is 25.1 Å². The third-order valence-electron chi connectivity index (χ3n) is 4.50. The van der Waals surface area contributed by atoms with Crippen LogP contribution in [0, 0.1) is 0 Å². The molecule has 1 aliphatic heterocycles. The first-order valence-corrected chi connectivity index (χ1v) is 9.91. The van der Waals surface area contributed by atoms with Crippen molar-refractivity contribution in [3.8, 4) is 0 Å². The summed E-state index contributed by atoms with van der Waals surface area (Å²) in [5.74, 6) is -0.263. The van der Waals surface area contributed by atoms with Gasteiger partial charge in [-0.1, -0.05) is 24.6 Å². The monoisotopic (exact) mass is 358 g/mol. The molecule has 132 valence electrons. The summed E-state index contributed by atoms with van der Waals surface area (Å²) in [4.78, 5) is 12.5. The Hall–Kier alpha value is -2.18. The van der Waals surface area contributed by atoms with E-state index in [1.54, 1.807) is 28.6 Å². The van der Waals surface area contributed by atoms with Crippen molar-refractivity contribution in [3.63, 3.8) is 0 Å². The summed E-state index contributed by atoms with van der Waals surface area (Å²) in [7, 11) is -3.51. The van der Waals surface area contributed by atoms with E-state index in [2.05, 4.69) is 5.32 Å². The maximum absolute atomic E-state index is 12.8. The molecule has 6 heteroatoms. The number of hydrogen-bond acceptors (Lipinski definition) is 3. The van der Waals surface area contributed by atoms with E-state index in [9.17, 15) is 13.2 Å². The highest BCUT2D eigenvalue weighted by Gasteiger charge is 2.30. The molecule has 1 atom stereocenters. The first-order chi connectivity index (χ1) is 12.0. The van der Waals surface area contributed by atoms with Gasteiger partial charge >= 0.3 is 0 Å². The second kappa shape index (κ2) is 7.37. The summed E-state index contributed by atoms with van der Waals surface area (Å²) in [6, 6.07) is 15.3. The van der Waals surface area contributed by atoms with Gasteiger partial charge in [-0.2, -0.15) is 4.31 Å². The second-order valence-electron chi connectivity index (χ2n) is 6.31. The molecule has 1 amide bonds. The van der Waals surface area contributed by atoms with Gasteiger partial charge in [0, 0.05) is 23.8 Å². The molecule has 3 rings (SSSR count). The Bertz CT molecular complexity index is 833. The highest BCUT2D eigenvalue weighted by atomic mass is 32.2. The molecule has 1 fully saturated rings. The number of hydrogen-bond donors (Lipinski definition) is 1. The average molecular weight is 358 g/mol. The minimum Gasteiger partial charge on any atom is -0.322 e. The number of benzene rings is 2. The minimum atomic E-state index is -3.51. The third kappa shape index (κ3) is 3.91. The molecule has 0 unspecified atom stereocenters. The molecule has 0 radical (unpaired) electrons. The number of carbonyl (C=O) groups excluding carboxylic acids is 1. The van der Waals surface area contributed by atoms with Crippen LogP contribution in [-0.4, -0.2) is 31.2 Å². The van der Waals surface area contributed by atoms with Crippen LogP contribution in [0.25, 0.3) is 0 Å². The van der Waals surface area contributed by atoms with E-state index in [0.717, 1.165) is 19.3 Å². The van der Waals surface area contributed by atoms with Gasteiger partial charge in [0.05, 0.1) is 4.90 Å². The third-order valence-corrected chi connectivity index (χ3v) is 6.52. The van der Waals surface area contributed by atoms with Crippen molar-refractivity contribution < 1.29 is 13.2 Å². The summed E-state index contributed by atoms with van der Waals surface area (Å²) in [5.41, 5.74) is 1.13. The van der Waals surface area contributed by atoms with E-state index in [1.165, 1.54) is 12.1 Å². The lowest BCUT2D eigenvalue weighted by Gasteiger charge is -2.32. The predicted molar refractivity (Wildman–Crippen MR) is 98.0 cm³/mol. The molecular weight excluding hydrogens is 336 g/mol. The highest BCUT2D eigenvalue weighted by molar-refractivity contribution is 7.89. The zero-order valence-corrected chi connectivity index (χ0v) is 15.0. The van der Waals surface area contributed by atoms with Gasteiger partial charge < -0.3 is 5.32 Å². The number of para-hydroxylation sites is 1. The van der Waals surface area contributed by atoms with Gasteiger partial charge in [-0.3, -0.25) is 4.79 Å². The number of nitrogens with zero attached hydrogens (tertiary/aromatic N) is 1. The van der Waals surface area contributed by atoms with Crippen molar-refractivity contribution in [2.75, 3.05) is 11.9 Å². The van der Waals surface area contributed by atoms with E-state index in [4.69, 9.17) is 0 Å². The predicted octanol–water partition coefficient (Wildman–Crippen LogP) is 3.50. The molecule has 1 aliphatic rings. The van der Waals surface area contributed by atoms with Crippen molar-refractivity contribution in [2.24, 2.45) is 0 Å². The number of rotatable bonds is 4. The molecule has 0 saturated carbocycles. The maximum atomic E-state index is 12.8. The number of piperidine rings is 1. The number of carbonyl (C=O) groups is 1. The lowest BCUT2D eigenvalue weighted by molar-refractivity contribution is 0.102. The molecule has 2 aromatic carbocycles. The molecule has 0 spiro atoms. The Morgan fingerprint density at radius 3 is 2.36 bits per heavy atom. The van der Waals surface area contributed by atoms with E-state index >= 15 is 0 Å². The Labute approximate surface area is 148 Å². The van der Waals surface area contributed by atoms with Crippen LogP contribution in [0.3, 0.4) is 0 Å². The number of anilines is 1. The molecule has 2 aromatic rings. The standard InChI is InChI=1S/C19H22N2O3S/c1-15-7-5-6-14-21(15)25(23,24)18-12-10-16(11-13-18)19(22)20-17-8-3-2-4-9-17/h2-4,8-13,15H,5-7,14H2,1H3,(H,20,22)/t15-/m0/s1. The van der Waals surface area contributed by atoms with Crippen LogP contribution in [0.4, 0.5) is 5.69 Å². The number of nitrogens with one attached hydrogen (secondary N) is 1. The van der Waals surface area contributed by atoms with Crippen molar-refractivity contribution in [1.82, 2.24) is 4.31 Å². The van der Waals surface area contributed by atoms with E-state index < -0.39 is 10.0 Å². The van der Waals surface area contributed by atoms with Gasteiger partial charge in [0.2, 0.25) is 10.0 Å². The van der Waals surface area contributed by atoms with Crippen molar-refractivity contribution >= 4 is 21.6 Å². The average Bonchev–Trinajstić information content (AvgIpc) is 2.63. The summed E-state index contributed by atoms with van der Waals surface area (Å²) in [6.07, 6.45) is 2.84. The van der Waals surface area contributed by atoms with Crippen LogP contribution in [0.5, 0.6) is 0 Å². The molecule has 0 aliphatic carbocycles. The van der Waals surface area contributed by atoms with E-state index in [0.29, 0.717) is 17.8 Å². The topological polar surface area (TPSA) is 66.5 Å². The zero-order valence-electron chi connectivity index (χ0n) is 14.2. The molecule has 1 heterocycles. The van der Waals surface area contributed by atoms with Gasteiger partial charge in [-0.05, 0) is 56.2 Å². The Balaban J connectivity index is 1.76. The zero-order chi connectivity index (χ0) is 17.9. The fourth-order valence-corrected chi connectivity index (χ4v) is 4.77. The number of amides is 1. The molecule has 5 nitrogen and oxygen atoms in total. The minimum absolute atomic E-state index is 0.0137. The number of sulfonamides is 1. The molecule has 1 saturated heterocycles. The Morgan fingerprint density at radius 1 is 1.04 bits per heavy atom. The van der Waals surface area contributed by atoms with Gasteiger partial charge in [0.1, 0.15) is 0 Å². The van der Waals surface area contributed by atoms with Crippen LogP contribution < -0.4 is 5.32 Å². The van der Waals surface area contributed by atoms with Gasteiger partial charge in [0.25, 0.3) is 5.91 Å². The maximum Gasteiger partial charge on any atom is 0.255 e. The van der Waals surface area contributed by atoms with Crippen LogP contribution in [0.15, 0.2) is 59.5 Å². The Morgan fingerprint density at radius 2 is 1.72 bits per heavy atom. The lowest BCUT2D eigenvalue weighted by Crippen LogP contribution is -2.41. The quantitative estimate of drug-likeness (QED) is 0.910. The first kappa shape index (κ1) is 17.6. The van der Waals surface area contributed by atoms with Crippen molar-refractivity contribution in [2.45, 2.75) is 37.1 Å². The highest BCUT2D eigenvalue weighted by Crippen LogP contribution is 2.25. The summed E-state index contributed by atoms with van der Waals surface area (Å²) >= 11 is 0. The molecule has 1 N–H and O–H groups in total. The fourth-order valence-electron chi connectivity index (χ4n) is 3.07. The largest absolute Gasteiger partial charge is 0.322 e. The smallest absolute Gasteiger partial charge is 0.255 e. The fraction of sp³-hybridized carbons (Fsp3) is 0.316. The van der Waals surface area contributed by atoms with E-state index in [-0.39, 0.29) is 16.8 Å². The second-order valence-corrected chi connectivity index (χ2v) is 8.20. The van der Waals surface area contributed by atoms with Crippen molar-refractivity contribution in [1.29, 1.82) is 0 Å². The summed E-state index contributed by atoms with van der Waals surface area (Å²) in [6.45, 7) is 2.50. The van der Waals surface area contributed by atoms with Crippen molar-refractivity contribution in [3.05, 3.63) is 60.2 Å². The molecule has 25 heavy (non-hydrogen) atoms. The van der Waals surface area contributed by atoms with Gasteiger partial charge in [0.15, 0.2) is 0 Å². The summed E-state index contributed by atoms with van der Waals surface area (Å²) < 4.78 is 27.2. The first-order valence-electron chi connectivity index (χ1n) is 8.47. The SMILES string of the molecule is C[C@H]1CCCCN1S(=O)(=O)c1ccc(C(=O)Nc2ccccc2)cc1.